The van der Waals surface area contributed by atoms with Gasteiger partial charge in [-0.25, -0.2) is 4.98 Å². The molecule has 1 aliphatic heterocycles. The van der Waals surface area contributed by atoms with Crippen LogP contribution in [0.25, 0.3) is 0 Å². The van der Waals surface area contributed by atoms with Crippen molar-refractivity contribution >= 4 is 0 Å². The van der Waals surface area contributed by atoms with E-state index in [4.69, 9.17) is 4.98 Å². The van der Waals surface area contributed by atoms with Gasteiger partial charge in [0.25, 0.3) is 0 Å². The van der Waals surface area contributed by atoms with E-state index in [1.165, 1.54) is 36.3 Å². The van der Waals surface area contributed by atoms with E-state index in [9.17, 15) is 0 Å². The van der Waals surface area contributed by atoms with E-state index in [2.05, 4.69) is 68.9 Å². The molecule has 0 bridgehead atoms. The SMILES string of the molecule is Cc1cnn(CCCN2CCCC(c3nccn3Cc3ccccc3)C2)c1. The number of nitrogens with zero attached hydrogens (tertiary/aromatic N) is 5. The molecular formula is C22H29N5. The van der Waals surface area contributed by atoms with Gasteiger partial charge in [0, 0.05) is 44.1 Å². The number of imidazole rings is 1. The molecule has 3 heterocycles. The van der Waals surface area contributed by atoms with Gasteiger partial charge >= 0.3 is 0 Å². The van der Waals surface area contributed by atoms with Crippen LogP contribution in [0, 0.1) is 6.92 Å². The van der Waals surface area contributed by atoms with Crippen molar-refractivity contribution in [3.8, 4) is 0 Å². The molecule has 5 heteroatoms. The van der Waals surface area contributed by atoms with E-state index in [0.29, 0.717) is 5.92 Å². The Morgan fingerprint density at radius 1 is 1.15 bits per heavy atom. The first kappa shape index (κ1) is 18.0. The van der Waals surface area contributed by atoms with Gasteiger partial charge < -0.3 is 9.47 Å². The second kappa shape index (κ2) is 8.53. The fraction of sp³-hybridized carbons (Fsp3) is 0.455. The summed E-state index contributed by atoms with van der Waals surface area (Å²) in [5, 5.41) is 4.39. The van der Waals surface area contributed by atoms with Crippen LogP contribution in [0.15, 0.2) is 55.1 Å². The van der Waals surface area contributed by atoms with Gasteiger partial charge in [0.05, 0.1) is 6.20 Å². The molecule has 1 fully saturated rings. The zero-order chi connectivity index (χ0) is 18.5. The highest BCUT2D eigenvalue weighted by molar-refractivity contribution is 5.16. The molecule has 1 unspecified atom stereocenters. The van der Waals surface area contributed by atoms with E-state index in [1.807, 2.05) is 12.4 Å². The third-order valence-corrected chi connectivity index (χ3v) is 5.44. The molecule has 0 amide bonds. The monoisotopic (exact) mass is 363 g/mol. The zero-order valence-electron chi connectivity index (χ0n) is 16.2. The molecule has 0 aliphatic carbocycles. The molecule has 142 valence electrons. The third-order valence-electron chi connectivity index (χ3n) is 5.44. The molecule has 0 radical (unpaired) electrons. The van der Waals surface area contributed by atoms with E-state index in [0.717, 1.165) is 32.6 Å². The second-order valence-electron chi connectivity index (χ2n) is 7.67. The van der Waals surface area contributed by atoms with Gasteiger partial charge in [0.15, 0.2) is 0 Å². The van der Waals surface area contributed by atoms with Crippen molar-refractivity contribution in [2.75, 3.05) is 19.6 Å². The second-order valence-corrected chi connectivity index (χ2v) is 7.67. The first-order valence-corrected chi connectivity index (χ1v) is 10.0. The largest absolute Gasteiger partial charge is 0.330 e. The number of likely N-dealkylation sites (tertiary alicyclic amines) is 1. The Balaban J connectivity index is 1.33. The van der Waals surface area contributed by atoms with Gasteiger partial charge in [-0.05, 0) is 50.4 Å². The summed E-state index contributed by atoms with van der Waals surface area (Å²) in [6, 6.07) is 10.7. The maximum absolute atomic E-state index is 4.72. The summed E-state index contributed by atoms with van der Waals surface area (Å²) in [4.78, 5) is 7.33. The highest BCUT2D eigenvalue weighted by Crippen LogP contribution is 2.26. The standard InChI is InChI=1S/C22H29N5/c1-19-15-24-27(16-19)13-6-12-25-11-5-9-21(18-25)22-23-10-14-26(22)17-20-7-3-2-4-8-20/h2-4,7-8,10,14-16,21H,5-6,9,11-13,17-18H2,1H3. The van der Waals surface area contributed by atoms with Crippen molar-refractivity contribution in [1.29, 1.82) is 0 Å². The van der Waals surface area contributed by atoms with Crippen molar-refractivity contribution in [2.45, 2.75) is 45.2 Å². The number of rotatable bonds is 7. The van der Waals surface area contributed by atoms with Gasteiger partial charge in [-0.3, -0.25) is 4.68 Å². The third kappa shape index (κ3) is 4.66. The van der Waals surface area contributed by atoms with Crippen molar-refractivity contribution < 1.29 is 0 Å². The lowest BCUT2D eigenvalue weighted by Crippen LogP contribution is -2.36. The van der Waals surface area contributed by atoms with Crippen molar-refractivity contribution in [3.63, 3.8) is 0 Å². The molecule has 1 aliphatic rings. The highest BCUT2D eigenvalue weighted by atomic mass is 15.3. The van der Waals surface area contributed by atoms with Gasteiger partial charge in [-0.1, -0.05) is 30.3 Å². The maximum atomic E-state index is 4.72. The number of hydrogen-bond acceptors (Lipinski definition) is 3. The number of benzene rings is 1. The number of aromatic nitrogens is 4. The molecule has 27 heavy (non-hydrogen) atoms. The lowest BCUT2D eigenvalue weighted by molar-refractivity contribution is 0.197. The predicted octanol–water partition coefficient (Wildman–Crippen LogP) is 3.71. The lowest BCUT2D eigenvalue weighted by Gasteiger charge is -2.32. The number of hydrogen-bond donors (Lipinski definition) is 0. The molecule has 3 aromatic rings. The molecule has 1 saturated heterocycles. The van der Waals surface area contributed by atoms with Crippen LogP contribution in [-0.2, 0) is 13.1 Å². The topological polar surface area (TPSA) is 38.9 Å². The minimum Gasteiger partial charge on any atom is -0.330 e. The Hall–Kier alpha value is -2.40. The summed E-state index contributed by atoms with van der Waals surface area (Å²) >= 11 is 0. The predicted molar refractivity (Wildman–Crippen MR) is 108 cm³/mol. The zero-order valence-corrected chi connectivity index (χ0v) is 16.2. The number of piperidine rings is 1. The Morgan fingerprint density at radius 2 is 2.04 bits per heavy atom. The summed E-state index contributed by atoms with van der Waals surface area (Å²) < 4.78 is 4.39. The molecule has 5 nitrogen and oxygen atoms in total. The lowest BCUT2D eigenvalue weighted by atomic mass is 9.97. The van der Waals surface area contributed by atoms with Crippen molar-refractivity contribution in [3.05, 3.63) is 72.1 Å². The molecule has 1 aromatic carbocycles. The Bertz CT molecular complexity index is 835. The van der Waals surface area contributed by atoms with Crippen LogP contribution >= 0.6 is 0 Å². The average Bonchev–Trinajstić information content (AvgIpc) is 3.32. The van der Waals surface area contributed by atoms with Gasteiger partial charge in [0.1, 0.15) is 5.82 Å². The van der Waals surface area contributed by atoms with E-state index < -0.39 is 0 Å². The summed E-state index contributed by atoms with van der Waals surface area (Å²) in [6.07, 6.45) is 11.8. The fourth-order valence-corrected chi connectivity index (χ4v) is 4.11. The molecule has 0 N–H and O–H groups in total. The Labute approximate surface area is 161 Å². The van der Waals surface area contributed by atoms with Crippen LogP contribution in [-0.4, -0.2) is 43.9 Å². The van der Waals surface area contributed by atoms with Gasteiger partial charge in [0.2, 0.25) is 0 Å². The van der Waals surface area contributed by atoms with Crippen LogP contribution < -0.4 is 0 Å². The van der Waals surface area contributed by atoms with Crippen LogP contribution in [0.4, 0.5) is 0 Å². The van der Waals surface area contributed by atoms with E-state index in [-0.39, 0.29) is 0 Å². The minimum atomic E-state index is 0.532. The molecule has 4 rings (SSSR count). The van der Waals surface area contributed by atoms with E-state index in [1.54, 1.807) is 0 Å². The first-order chi connectivity index (χ1) is 13.3. The first-order valence-electron chi connectivity index (χ1n) is 10.0. The van der Waals surface area contributed by atoms with Crippen molar-refractivity contribution in [1.82, 2.24) is 24.2 Å². The summed E-state index contributed by atoms with van der Waals surface area (Å²) in [6.45, 7) is 7.45. The summed E-state index contributed by atoms with van der Waals surface area (Å²) in [5.74, 6) is 1.77. The Morgan fingerprint density at radius 3 is 2.85 bits per heavy atom. The van der Waals surface area contributed by atoms with Crippen LogP contribution in [0.3, 0.4) is 0 Å². The van der Waals surface area contributed by atoms with Gasteiger partial charge in [-0.15, -0.1) is 0 Å². The molecular weight excluding hydrogens is 334 g/mol. The minimum absolute atomic E-state index is 0.532. The van der Waals surface area contributed by atoms with Crippen LogP contribution in [0.2, 0.25) is 0 Å². The van der Waals surface area contributed by atoms with Crippen LogP contribution in [0.1, 0.15) is 42.1 Å². The molecule has 0 saturated carbocycles. The van der Waals surface area contributed by atoms with E-state index >= 15 is 0 Å². The molecule has 2 aromatic heterocycles. The molecule has 1 atom stereocenters. The average molecular weight is 364 g/mol. The highest BCUT2D eigenvalue weighted by Gasteiger charge is 2.24. The van der Waals surface area contributed by atoms with Gasteiger partial charge in [-0.2, -0.15) is 5.10 Å². The summed E-state index contributed by atoms with van der Waals surface area (Å²) in [5.41, 5.74) is 2.57. The maximum Gasteiger partial charge on any atom is 0.113 e. The summed E-state index contributed by atoms with van der Waals surface area (Å²) in [7, 11) is 0. The molecule has 0 spiro atoms. The van der Waals surface area contributed by atoms with Crippen molar-refractivity contribution in [2.24, 2.45) is 0 Å². The van der Waals surface area contributed by atoms with Crippen LogP contribution in [0.5, 0.6) is 0 Å². The Kier molecular flexibility index (Phi) is 5.68. The smallest absolute Gasteiger partial charge is 0.113 e. The fourth-order valence-electron chi connectivity index (χ4n) is 4.11. The number of aryl methyl sites for hydroxylation is 2. The normalized spacial score (nSPS) is 18.0. The quantitative estimate of drug-likeness (QED) is 0.642.